The molecule has 6 heteroatoms. The molecule has 1 atom stereocenters. The van der Waals surface area contributed by atoms with Crippen molar-refractivity contribution in [2.75, 3.05) is 39.3 Å². The highest BCUT2D eigenvalue weighted by Crippen LogP contribution is 2.15. The van der Waals surface area contributed by atoms with Crippen molar-refractivity contribution in [3.63, 3.8) is 0 Å². The first-order valence-corrected chi connectivity index (χ1v) is 7.10. The van der Waals surface area contributed by atoms with Gasteiger partial charge in [0.2, 0.25) is 11.8 Å². The van der Waals surface area contributed by atoms with Gasteiger partial charge in [-0.15, -0.1) is 0 Å². The molecule has 2 aliphatic rings. The van der Waals surface area contributed by atoms with Crippen molar-refractivity contribution in [1.29, 1.82) is 0 Å². The molecule has 2 heterocycles. The largest absolute Gasteiger partial charge is 0.395 e. The van der Waals surface area contributed by atoms with E-state index in [0.29, 0.717) is 0 Å². The Morgan fingerprint density at radius 3 is 2.58 bits per heavy atom. The molecule has 0 aromatic carbocycles. The fraction of sp³-hybridized carbons (Fsp3) is 0.846. The summed E-state index contributed by atoms with van der Waals surface area (Å²) in [5.41, 5.74) is 0. The quantitative estimate of drug-likeness (QED) is 0.684. The molecule has 108 valence electrons. The van der Waals surface area contributed by atoms with Crippen LogP contribution in [0.5, 0.6) is 0 Å². The topological polar surface area (TPSA) is 72.9 Å². The molecule has 0 saturated carbocycles. The van der Waals surface area contributed by atoms with Crippen LogP contribution in [0, 0.1) is 0 Å². The van der Waals surface area contributed by atoms with E-state index in [9.17, 15) is 14.7 Å². The summed E-state index contributed by atoms with van der Waals surface area (Å²) < 4.78 is 0. The molecule has 0 radical (unpaired) electrons. The lowest BCUT2D eigenvalue weighted by Crippen LogP contribution is -2.44. The number of hydrogen-bond donors (Lipinski definition) is 2. The van der Waals surface area contributed by atoms with E-state index in [2.05, 4.69) is 5.32 Å². The molecular weight excluding hydrogens is 246 g/mol. The highest BCUT2D eigenvalue weighted by Gasteiger charge is 2.25. The SMILES string of the molecule is O=C(CN1CCC[C@H]1CO)NCC(=O)N1CCCC1. The summed E-state index contributed by atoms with van der Waals surface area (Å²) >= 11 is 0. The number of rotatable bonds is 5. The van der Waals surface area contributed by atoms with Crippen molar-refractivity contribution in [3.8, 4) is 0 Å². The maximum absolute atomic E-state index is 11.8. The second kappa shape index (κ2) is 6.86. The molecule has 0 aromatic heterocycles. The molecule has 2 aliphatic heterocycles. The first-order chi connectivity index (χ1) is 9.20. The Kier molecular flexibility index (Phi) is 5.15. The molecule has 0 spiro atoms. The molecule has 2 amide bonds. The summed E-state index contributed by atoms with van der Waals surface area (Å²) in [6.45, 7) is 2.94. The number of aliphatic hydroxyl groups excluding tert-OH is 1. The van der Waals surface area contributed by atoms with Gasteiger partial charge in [0.05, 0.1) is 19.7 Å². The van der Waals surface area contributed by atoms with Crippen LogP contribution in [0.25, 0.3) is 0 Å². The van der Waals surface area contributed by atoms with Crippen LogP contribution < -0.4 is 5.32 Å². The van der Waals surface area contributed by atoms with Gasteiger partial charge in [-0.2, -0.15) is 0 Å². The Morgan fingerprint density at radius 1 is 1.16 bits per heavy atom. The molecule has 0 aromatic rings. The Balaban J connectivity index is 1.68. The van der Waals surface area contributed by atoms with Gasteiger partial charge in [0, 0.05) is 19.1 Å². The third kappa shape index (κ3) is 3.91. The first kappa shape index (κ1) is 14.3. The van der Waals surface area contributed by atoms with Gasteiger partial charge in [0.15, 0.2) is 0 Å². The summed E-state index contributed by atoms with van der Waals surface area (Å²) in [5.74, 6) is -0.126. The fourth-order valence-electron chi connectivity index (χ4n) is 2.80. The maximum atomic E-state index is 11.8. The molecule has 0 bridgehead atoms. The standard InChI is InChI=1S/C13H23N3O3/c17-10-11-4-3-7-16(11)9-12(18)14-8-13(19)15-5-1-2-6-15/h11,17H,1-10H2,(H,14,18)/t11-/m0/s1. The van der Waals surface area contributed by atoms with Crippen molar-refractivity contribution in [3.05, 3.63) is 0 Å². The molecular formula is C13H23N3O3. The van der Waals surface area contributed by atoms with E-state index in [1.54, 1.807) is 4.90 Å². The molecule has 2 saturated heterocycles. The second-order valence-corrected chi connectivity index (χ2v) is 5.31. The molecule has 19 heavy (non-hydrogen) atoms. The van der Waals surface area contributed by atoms with Crippen LogP contribution in [0.3, 0.4) is 0 Å². The van der Waals surface area contributed by atoms with Crippen LogP contribution >= 0.6 is 0 Å². The van der Waals surface area contributed by atoms with Crippen LogP contribution in [-0.4, -0.2) is 72.1 Å². The zero-order valence-electron chi connectivity index (χ0n) is 11.3. The van der Waals surface area contributed by atoms with Gasteiger partial charge in [0.25, 0.3) is 0 Å². The van der Waals surface area contributed by atoms with Gasteiger partial charge in [0.1, 0.15) is 0 Å². The fourth-order valence-corrected chi connectivity index (χ4v) is 2.80. The molecule has 0 aliphatic carbocycles. The van der Waals surface area contributed by atoms with Crippen LogP contribution in [0.2, 0.25) is 0 Å². The van der Waals surface area contributed by atoms with Gasteiger partial charge in [-0.3, -0.25) is 14.5 Å². The summed E-state index contributed by atoms with van der Waals surface area (Å²) in [5, 5.41) is 11.9. The van der Waals surface area contributed by atoms with Gasteiger partial charge < -0.3 is 15.3 Å². The Hall–Kier alpha value is -1.14. The molecule has 2 fully saturated rings. The van der Waals surface area contributed by atoms with Gasteiger partial charge in [-0.25, -0.2) is 0 Å². The zero-order valence-corrected chi connectivity index (χ0v) is 11.3. The minimum absolute atomic E-state index is 0.00554. The number of amides is 2. The second-order valence-electron chi connectivity index (χ2n) is 5.31. The maximum Gasteiger partial charge on any atom is 0.241 e. The van der Waals surface area contributed by atoms with Crippen LogP contribution in [0.4, 0.5) is 0 Å². The number of carbonyl (C=O) groups is 2. The monoisotopic (exact) mass is 269 g/mol. The smallest absolute Gasteiger partial charge is 0.241 e. The summed E-state index contributed by atoms with van der Waals surface area (Å²) in [4.78, 5) is 27.3. The Labute approximate surface area is 113 Å². The van der Waals surface area contributed by atoms with E-state index in [1.165, 1.54) is 0 Å². The summed E-state index contributed by atoms with van der Waals surface area (Å²) in [7, 11) is 0. The minimum Gasteiger partial charge on any atom is -0.395 e. The Bertz CT molecular complexity index is 329. The van der Waals surface area contributed by atoms with Crippen molar-refractivity contribution in [1.82, 2.24) is 15.1 Å². The Morgan fingerprint density at radius 2 is 1.89 bits per heavy atom. The van der Waals surface area contributed by atoms with Crippen molar-refractivity contribution < 1.29 is 14.7 Å². The van der Waals surface area contributed by atoms with Crippen molar-refractivity contribution in [2.24, 2.45) is 0 Å². The number of carbonyl (C=O) groups excluding carboxylic acids is 2. The predicted molar refractivity (Wildman–Crippen MR) is 70.5 cm³/mol. The van der Waals surface area contributed by atoms with E-state index in [4.69, 9.17) is 0 Å². The van der Waals surface area contributed by atoms with Crippen LogP contribution in [0.15, 0.2) is 0 Å². The number of hydrogen-bond acceptors (Lipinski definition) is 4. The van der Waals surface area contributed by atoms with Crippen molar-refractivity contribution in [2.45, 2.75) is 31.7 Å². The number of likely N-dealkylation sites (tertiary alicyclic amines) is 2. The van der Waals surface area contributed by atoms with E-state index < -0.39 is 0 Å². The first-order valence-electron chi connectivity index (χ1n) is 7.10. The molecule has 0 unspecified atom stereocenters. The van der Waals surface area contributed by atoms with E-state index in [1.807, 2.05) is 4.90 Å². The molecule has 6 nitrogen and oxygen atoms in total. The third-order valence-corrected chi connectivity index (χ3v) is 3.95. The predicted octanol–water partition coefficient (Wildman–Crippen LogP) is -0.818. The summed E-state index contributed by atoms with van der Waals surface area (Å²) in [6.07, 6.45) is 4.08. The molecule has 2 N–H and O–H groups in total. The van der Waals surface area contributed by atoms with Crippen LogP contribution in [0.1, 0.15) is 25.7 Å². The average molecular weight is 269 g/mol. The van der Waals surface area contributed by atoms with Gasteiger partial charge >= 0.3 is 0 Å². The average Bonchev–Trinajstić information content (AvgIpc) is 3.06. The third-order valence-electron chi connectivity index (χ3n) is 3.95. The lowest BCUT2D eigenvalue weighted by Gasteiger charge is -2.22. The minimum atomic E-state index is -0.132. The van der Waals surface area contributed by atoms with E-state index in [0.717, 1.165) is 45.3 Å². The van der Waals surface area contributed by atoms with Crippen molar-refractivity contribution >= 4 is 11.8 Å². The highest BCUT2D eigenvalue weighted by atomic mass is 16.3. The van der Waals surface area contributed by atoms with Gasteiger partial charge in [-0.05, 0) is 32.2 Å². The highest BCUT2D eigenvalue weighted by molar-refractivity contribution is 5.85. The lowest BCUT2D eigenvalue weighted by molar-refractivity contribution is -0.132. The number of aliphatic hydroxyl groups is 1. The zero-order chi connectivity index (χ0) is 13.7. The number of nitrogens with one attached hydrogen (secondary N) is 1. The normalized spacial score (nSPS) is 23.8. The van der Waals surface area contributed by atoms with Crippen LogP contribution in [-0.2, 0) is 9.59 Å². The van der Waals surface area contributed by atoms with E-state index >= 15 is 0 Å². The van der Waals surface area contributed by atoms with Gasteiger partial charge in [-0.1, -0.05) is 0 Å². The number of nitrogens with zero attached hydrogens (tertiary/aromatic N) is 2. The molecule has 2 rings (SSSR count). The summed E-state index contributed by atoms with van der Waals surface area (Å²) in [6, 6.07) is 0.0973. The van der Waals surface area contributed by atoms with E-state index in [-0.39, 0.29) is 37.6 Å². The lowest BCUT2D eigenvalue weighted by atomic mass is 10.2.